The van der Waals surface area contributed by atoms with Crippen molar-refractivity contribution in [1.29, 1.82) is 0 Å². The van der Waals surface area contributed by atoms with Gasteiger partial charge in [0.25, 0.3) is 0 Å². The maximum absolute atomic E-state index is 12.5. The first kappa shape index (κ1) is 15.2. The monoisotopic (exact) mass is 294 g/mol. The summed E-state index contributed by atoms with van der Waals surface area (Å²) >= 11 is 1.78. The van der Waals surface area contributed by atoms with Crippen LogP contribution in [0, 0.1) is 0 Å². The number of Topliss-reactive ketones (excluding diaryl/α,β-unsaturated/α-hetero) is 1. The van der Waals surface area contributed by atoms with Crippen molar-refractivity contribution in [2.75, 3.05) is 20.0 Å². The van der Waals surface area contributed by atoms with Gasteiger partial charge < -0.3 is 9.47 Å². The molecule has 1 aliphatic carbocycles. The molecular weight excluding hydrogens is 272 g/mol. The van der Waals surface area contributed by atoms with E-state index in [0.717, 1.165) is 0 Å². The topological polar surface area (TPSA) is 35.5 Å². The quantitative estimate of drug-likeness (QED) is 0.744. The number of carbonyl (C=O) groups is 1. The highest BCUT2D eigenvalue weighted by Gasteiger charge is 2.20. The summed E-state index contributed by atoms with van der Waals surface area (Å²) in [5.74, 6) is 1.79. The van der Waals surface area contributed by atoms with Crippen LogP contribution in [0.25, 0.3) is 0 Å². The fourth-order valence-electron chi connectivity index (χ4n) is 2.62. The van der Waals surface area contributed by atoms with E-state index in [1.807, 2.05) is 6.07 Å². The first-order valence-corrected chi connectivity index (χ1v) is 8.17. The Labute approximate surface area is 125 Å². The molecule has 1 aromatic carbocycles. The second-order valence-corrected chi connectivity index (χ2v) is 6.32. The molecule has 2 rings (SSSR count). The van der Waals surface area contributed by atoms with E-state index in [9.17, 15) is 4.79 Å². The lowest BCUT2D eigenvalue weighted by molar-refractivity contribution is 0.101. The third kappa shape index (κ3) is 3.69. The average molecular weight is 294 g/mol. The Kier molecular flexibility index (Phi) is 5.77. The Morgan fingerprint density at radius 1 is 1.15 bits per heavy atom. The van der Waals surface area contributed by atoms with E-state index in [2.05, 4.69) is 0 Å². The molecule has 1 aliphatic rings. The van der Waals surface area contributed by atoms with Crippen molar-refractivity contribution in [2.24, 2.45) is 0 Å². The van der Waals surface area contributed by atoms with Crippen LogP contribution in [-0.2, 0) is 0 Å². The molecule has 0 saturated heterocycles. The van der Waals surface area contributed by atoms with Gasteiger partial charge in [0.05, 0.1) is 20.0 Å². The molecule has 4 heteroatoms. The van der Waals surface area contributed by atoms with Crippen LogP contribution in [0.1, 0.15) is 42.5 Å². The Hall–Kier alpha value is -1.16. The Balaban J connectivity index is 2.04. The number of ketones is 1. The van der Waals surface area contributed by atoms with Crippen LogP contribution in [0.5, 0.6) is 11.5 Å². The van der Waals surface area contributed by atoms with Crippen LogP contribution < -0.4 is 9.47 Å². The molecule has 20 heavy (non-hydrogen) atoms. The Bertz CT molecular complexity index is 431. The summed E-state index contributed by atoms with van der Waals surface area (Å²) in [5, 5.41) is 0.633. The molecule has 0 spiro atoms. The highest BCUT2D eigenvalue weighted by atomic mass is 32.2. The predicted molar refractivity (Wildman–Crippen MR) is 83.2 cm³/mol. The maximum Gasteiger partial charge on any atom is 0.180 e. The molecule has 1 saturated carbocycles. The summed E-state index contributed by atoms with van der Waals surface area (Å²) in [4.78, 5) is 12.5. The third-order valence-electron chi connectivity index (χ3n) is 3.71. The molecule has 0 aliphatic heterocycles. The zero-order valence-corrected chi connectivity index (χ0v) is 13.0. The standard InChI is InChI=1S/C16H22O3S/c1-18-14-9-6-10-15(19-2)16(14)13(17)11-20-12-7-4-3-5-8-12/h6,9-10,12H,3-5,7-8,11H2,1-2H3. The van der Waals surface area contributed by atoms with Gasteiger partial charge in [-0.05, 0) is 25.0 Å². The van der Waals surface area contributed by atoms with E-state index in [-0.39, 0.29) is 5.78 Å². The number of benzene rings is 1. The van der Waals surface area contributed by atoms with Crippen molar-refractivity contribution in [2.45, 2.75) is 37.4 Å². The van der Waals surface area contributed by atoms with Crippen molar-refractivity contribution in [3.05, 3.63) is 23.8 Å². The summed E-state index contributed by atoms with van der Waals surface area (Å²) in [7, 11) is 3.17. The fourth-order valence-corrected chi connectivity index (χ4v) is 3.82. The second kappa shape index (κ2) is 7.58. The van der Waals surface area contributed by atoms with Gasteiger partial charge in [0.2, 0.25) is 0 Å². The summed E-state index contributed by atoms with van der Waals surface area (Å²) in [6, 6.07) is 5.45. The number of thioether (sulfide) groups is 1. The van der Waals surface area contributed by atoms with E-state index >= 15 is 0 Å². The molecule has 0 amide bonds. The number of hydrogen-bond donors (Lipinski definition) is 0. The molecule has 1 aromatic rings. The summed E-state index contributed by atoms with van der Waals surface area (Å²) < 4.78 is 10.6. The molecule has 0 heterocycles. The third-order valence-corrected chi connectivity index (χ3v) is 5.08. The van der Waals surface area contributed by atoms with Gasteiger partial charge in [-0.1, -0.05) is 25.3 Å². The van der Waals surface area contributed by atoms with Crippen LogP contribution in [0.4, 0.5) is 0 Å². The van der Waals surface area contributed by atoms with Gasteiger partial charge in [0.1, 0.15) is 17.1 Å². The predicted octanol–water partition coefficient (Wildman–Crippen LogP) is 3.95. The van der Waals surface area contributed by atoms with E-state index < -0.39 is 0 Å². The SMILES string of the molecule is COc1cccc(OC)c1C(=O)CSC1CCCCC1. The molecule has 0 N–H and O–H groups in total. The minimum atomic E-state index is 0.0925. The van der Waals surface area contributed by atoms with Crippen molar-refractivity contribution in [3.8, 4) is 11.5 Å². The van der Waals surface area contributed by atoms with Crippen LogP contribution in [0.2, 0.25) is 0 Å². The van der Waals surface area contributed by atoms with Gasteiger partial charge >= 0.3 is 0 Å². The Morgan fingerprint density at radius 2 is 1.75 bits per heavy atom. The van der Waals surface area contributed by atoms with Crippen molar-refractivity contribution >= 4 is 17.5 Å². The number of hydrogen-bond acceptors (Lipinski definition) is 4. The van der Waals surface area contributed by atoms with Crippen LogP contribution in [0.3, 0.4) is 0 Å². The fraction of sp³-hybridized carbons (Fsp3) is 0.562. The van der Waals surface area contributed by atoms with Crippen LogP contribution >= 0.6 is 11.8 Å². The zero-order valence-electron chi connectivity index (χ0n) is 12.2. The minimum Gasteiger partial charge on any atom is -0.496 e. The molecule has 0 bridgehead atoms. The van der Waals surface area contributed by atoms with Gasteiger partial charge in [0, 0.05) is 5.25 Å². The maximum atomic E-state index is 12.5. The van der Waals surface area contributed by atoms with Gasteiger partial charge in [-0.25, -0.2) is 0 Å². The van der Waals surface area contributed by atoms with Gasteiger partial charge in [-0.2, -0.15) is 11.8 Å². The van der Waals surface area contributed by atoms with Crippen LogP contribution in [0.15, 0.2) is 18.2 Å². The van der Waals surface area contributed by atoms with Crippen LogP contribution in [-0.4, -0.2) is 31.0 Å². The second-order valence-electron chi connectivity index (χ2n) is 5.03. The highest BCUT2D eigenvalue weighted by Crippen LogP contribution is 2.32. The average Bonchev–Trinajstić information content (AvgIpc) is 2.52. The zero-order chi connectivity index (χ0) is 14.4. The first-order valence-electron chi connectivity index (χ1n) is 7.12. The van der Waals surface area contributed by atoms with Gasteiger partial charge in [-0.3, -0.25) is 4.79 Å². The summed E-state index contributed by atoms with van der Waals surface area (Å²) in [5.41, 5.74) is 0.570. The number of methoxy groups -OCH3 is 2. The highest BCUT2D eigenvalue weighted by molar-refractivity contribution is 8.00. The molecule has 0 atom stereocenters. The summed E-state index contributed by atoms with van der Waals surface area (Å²) in [6.45, 7) is 0. The molecular formula is C16H22O3S. The molecule has 3 nitrogen and oxygen atoms in total. The molecule has 0 unspecified atom stereocenters. The lowest BCUT2D eigenvalue weighted by atomic mass is 10.0. The van der Waals surface area contributed by atoms with E-state index in [4.69, 9.17) is 9.47 Å². The van der Waals surface area contributed by atoms with Gasteiger partial charge in [0.15, 0.2) is 5.78 Å². The summed E-state index contributed by atoms with van der Waals surface area (Å²) in [6.07, 6.45) is 6.40. The minimum absolute atomic E-state index is 0.0925. The number of ether oxygens (including phenoxy) is 2. The molecule has 110 valence electrons. The Morgan fingerprint density at radius 3 is 2.30 bits per heavy atom. The molecule has 0 aromatic heterocycles. The van der Waals surface area contributed by atoms with E-state index in [1.165, 1.54) is 32.1 Å². The molecule has 0 radical (unpaired) electrons. The first-order chi connectivity index (χ1) is 9.76. The van der Waals surface area contributed by atoms with E-state index in [0.29, 0.717) is 28.1 Å². The number of rotatable bonds is 6. The normalized spacial score (nSPS) is 15.9. The lowest BCUT2D eigenvalue weighted by Crippen LogP contribution is -2.13. The lowest BCUT2D eigenvalue weighted by Gasteiger charge is -2.21. The van der Waals surface area contributed by atoms with Gasteiger partial charge in [-0.15, -0.1) is 0 Å². The largest absolute Gasteiger partial charge is 0.496 e. The van der Waals surface area contributed by atoms with Crippen molar-refractivity contribution in [1.82, 2.24) is 0 Å². The van der Waals surface area contributed by atoms with E-state index in [1.54, 1.807) is 38.1 Å². The number of carbonyl (C=O) groups excluding carboxylic acids is 1. The van der Waals surface area contributed by atoms with Crippen molar-refractivity contribution < 1.29 is 14.3 Å². The smallest absolute Gasteiger partial charge is 0.180 e. The van der Waals surface area contributed by atoms with Crippen molar-refractivity contribution in [3.63, 3.8) is 0 Å². The molecule has 1 fully saturated rings.